The van der Waals surface area contributed by atoms with Crippen LogP contribution in [0.25, 0.3) is 11.3 Å². The van der Waals surface area contributed by atoms with E-state index in [0.717, 1.165) is 28.3 Å². The number of nitrogens with zero attached hydrogens (tertiary/aromatic N) is 1. The van der Waals surface area contributed by atoms with Gasteiger partial charge in [-0.25, -0.2) is 4.79 Å². The van der Waals surface area contributed by atoms with Crippen LogP contribution in [-0.4, -0.2) is 22.8 Å². The van der Waals surface area contributed by atoms with Crippen molar-refractivity contribution < 1.29 is 14.6 Å². The van der Waals surface area contributed by atoms with Gasteiger partial charge in [-0.2, -0.15) is 0 Å². The predicted octanol–water partition coefficient (Wildman–Crippen LogP) is 4.22. The van der Waals surface area contributed by atoms with Gasteiger partial charge in [-0.3, -0.25) is 0 Å². The molecule has 0 aliphatic heterocycles. The van der Waals surface area contributed by atoms with Crippen LogP contribution < -0.4 is 4.74 Å². The molecular weight excluding hydrogens is 302 g/mol. The third-order valence-electron chi connectivity index (χ3n) is 4.17. The number of hydrogen-bond donors (Lipinski definition) is 1. The molecule has 0 fully saturated rings. The van der Waals surface area contributed by atoms with Crippen molar-refractivity contribution in [3.63, 3.8) is 0 Å². The number of benzene rings is 2. The highest BCUT2D eigenvalue weighted by atomic mass is 16.5. The molecule has 0 saturated carbocycles. The maximum Gasteiger partial charge on any atom is 0.337 e. The lowest BCUT2D eigenvalue weighted by Crippen LogP contribution is -2.05. The molecule has 0 saturated heterocycles. The molecule has 4 nitrogen and oxygen atoms in total. The first kappa shape index (κ1) is 15.9. The van der Waals surface area contributed by atoms with Crippen molar-refractivity contribution in [2.24, 2.45) is 0 Å². The fraction of sp³-hybridized carbons (Fsp3) is 0.150. The third kappa shape index (κ3) is 3.04. The van der Waals surface area contributed by atoms with E-state index in [9.17, 15) is 9.90 Å². The Morgan fingerprint density at radius 1 is 1.08 bits per heavy atom. The Kier molecular flexibility index (Phi) is 4.38. The summed E-state index contributed by atoms with van der Waals surface area (Å²) in [5.74, 6) is -0.135. The van der Waals surface area contributed by atoms with Gasteiger partial charge < -0.3 is 14.4 Å². The molecular formula is C20H19NO3. The van der Waals surface area contributed by atoms with Gasteiger partial charge in [-0.05, 0) is 48.4 Å². The summed E-state index contributed by atoms with van der Waals surface area (Å²) in [5.41, 5.74) is 4.05. The summed E-state index contributed by atoms with van der Waals surface area (Å²) >= 11 is 0. The molecule has 0 aliphatic carbocycles. The molecule has 0 atom stereocenters. The normalized spacial score (nSPS) is 10.6. The van der Waals surface area contributed by atoms with E-state index in [4.69, 9.17) is 4.74 Å². The first-order chi connectivity index (χ1) is 11.6. The van der Waals surface area contributed by atoms with Crippen molar-refractivity contribution in [3.05, 3.63) is 77.5 Å². The predicted molar refractivity (Wildman–Crippen MR) is 93.7 cm³/mol. The average Bonchev–Trinajstić information content (AvgIpc) is 2.93. The maximum atomic E-state index is 11.5. The van der Waals surface area contributed by atoms with Crippen molar-refractivity contribution in [1.82, 2.24) is 4.57 Å². The Morgan fingerprint density at radius 3 is 2.33 bits per heavy atom. The standard InChI is InChI=1S/C20H19NO3/c1-14-18(20(22)23)12-19(16-8-10-17(24-2)11-9-16)21(14)13-15-6-4-3-5-7-15/h3-12H,13H2,1-2H3,(H,22,23). The van der Waals surface area contributed by atoms with Gasteiger partial charge in [0.1, 0.15) is 5.75 Å². The van der Waals surface area contributed by atoms with Gasteiger partial charge in [0.25, 0.3) is 0 Å². The number of carboxylic acid groups (broad SMARTS) is 1. The molecule has 3 aromatic rings. The second kappa shape index (κ2) is 6.62. The number of methoxy groups -OCH3 is 1. The molecule has 3 rings (SSSR count). The zero-order valence-corrected chi connectivity index (χ0v) is 13.7. The van der Waals surface area contributed by atoms with Gasteiger partial charge in [0.05, 0.1) is 12.7 Å². The van der Waals surface area contributed by atoms with Crippen molar-refractivity contribution in [2.75, 3.05) is 7.11 Å². The highest BCUT2D eigenvalue weighted by molar-refractivity contribution is 5.91. The molecule has 4 heteroatoms. The number of ether oxygens (including phenoxy) is 1. The molecule has 2 aromatic carbocycles. The lowest BCUT2D eigenvalue weighted by Gasteiger charge is -2.12. The molecule has 0 aliphatic rings. The molecule has 24 heavy (non-hydrogen) atoms. The molecule has 0 unspecified atom stereocenters. The smallest absolute Gasteiger partial charge is 0.337 e. The van der Waals surface area contributed by atoms with E-state index in [1.807, 2.05) is 66.1 Å². The van der Waals surface area contributed by atoms with Gasteiger partial charge in [-0.1, -0.05) is 30.3 Å². The Bertz CT molecular complexity index is 849. The van der Waals surface area contributed by atoms with Crippen LogP contribution in [0.4, 0.5) is 0 Å². The quantitative estimate of drug-likeness (QED) is 0.765. The minimum atomic E-state index is -0.908. The summed E-state index contributed by atoms with van der Waals surface area (Å²) in [6.07, 6.45) is 0. The van der Waals surface area contributed by atoms with Crippen LogP contribution in [-0.2, 0) is 6.54 Å². The van der Waals surface area contributed by atoms with Crippen molar-refractivity contribution in [3.8, 4) is 17.0 Å². The summed E-state index contributed by atoms with van der Waals surface area (Å²) in [4.78, 5) is 11.5. The van der Waals surface area contributed by atoms with Crippen molar-refractivity contribution in [1.29, 1.82) is 0 Å². The Hall–Kier alpha value is -3.01. The molecule has 122 valence electrons. The number of aromatic nitrogens is 1. The zero-order valence-electron chi connectivity index (χ0n) is 13.7. The SMILES string of the molecule is COc1ccc(-c2cc(C(=O)O)c(C)n2Cc2ccccc2)cc1. The van der Waals surface area contributed by atoms with Crippen molar-refractivity contribution in [2.45, 2.75) is 13.5 Å². The van der Waals surface area contributed by atoms with Crippen LogP contribution in [0.15, 0.2) is 60.7 Å². The van der Waals surface area contributed by atoms with E-state index in [1.54, 1.807) is 13.2 Å². The van der Waals surface area contributed by atoms with E-state index >= 15 is 0 Å². The van der Waals surface area contributed by atoms with E-state index in [1.165, 1.54) is 0 Å². The van der Waals surface area contributed by atoms with Crippen LogP contribution in [0.3, 0.4) is 0 Å². The van der Waals surface area contributed by atoms with Crippen LogP contribution in [0.5, 0.6) is 5.75 Å². The van der Waals surface area contributed by atoms with Gasteiger partial charge >= 0.3 is 5.97 Å². The molecule has 1 N–H and O–H groups in total. The van der Waals surface area contributed by atoms with E-state index in [0.29, 0.717) is 12.1 Å². The van der Waals surface area contributed by atoms with Crippen LogP contribution in [0.2, 0.25) is 0 Å². The second-order valence-corrected chi connectivity index (χ2v) is 5.63. The number of carbonyl (C=O) groups is 1. The highest BCUT2D eigenvalue weighted by Gasteiger charge is 2.18. The van der Waals surface area contributed by atoms with Gasteiger partial charge in [0.15, 0.2) is 0 Å². The fourth-order valence-corrected chi connectivity index (χ4v) is 2.83. The molecule has 0 bridgehead atoms. The molecule has 0 radical (unpaired) electrons. The minimum Gasteiger partial charge on any atom is -0.497 e. The topological polar surface area (TPSA) is 51.5 Å². The van der Waals surface area contributed by atoms with Gasteiger partial charge in [0.2, 0.25) is 0 Å². The Balaban J connectivity index is 2.09. The van der Waals surface area contributed by atoms with E-state index in [-0.39, 0.29) is 0 Å². The summed E-state index contributed by atoms with van der Waals surface area (Å²) in [6.45, 7) is 2.47. The third-order valence-corrected chi connectivity index (χ3v) is 4.17. The van der Waals surface area contributed by atoms with Crippen LogP contribution in [0, 0.1) is 6.92 Å². The largest absolute Gasteiger partial charge is 0.497 e. The van der Waals surface area contributed by atoms with Crippen LogP contribution >= 0.6 is 0 Å². The summed E-state index contributed by atoms with van der Waals surface area (Å²) in [7, 11) is 1.62. The Labute approximate surface area is 140 Å². The van der Waals surface area contributed by atoms with Crippen molar-refractivity contribution >= 4 is 5.97 Å². The molecule has 0 amide bonds. The monoisotopic (exact) mass is 321 g/mol. The van der Waals surface area contributed by atoms with Gasteiger partial charge in [-0.15, -0.1) is 0 Å². The Morgan fingerprint density at radius 2 is 1.75 bits per heavy atom. The number of carboxylic acids is 1. The molecule has 0 spiro atoms. The lowest BCUT2D eigenvalue weighted by molar-refractivity contribution is 0.0696. The van der Waals surface area contributed by atoms with Crippen LogP contribution in [0.1, 0.15) is 21.6 Å². The van der Waals surface area contributed by atoms with E-state index in [2.05, 4.69) is 0 Å². The molecule has 1 aromatic heterocycles. The minimum absolute atomic E-state index is 0.330. The first-order valence-corrected chi connectivity index (χ1v) is 7.72. The summed E-state index contributed by atoms with van der Waals surface area (Å²) < 4.78 is 7.24. The number of aromatic carboxylic acids is 1. The van der Waals surface area contributed by atoms with E-state index < -0.39 is 5.97 Å². The zero-order chi connectivity index (χ0) is 17.1. The fourth-order valence-electron chi connectivity index (χ4n) is 2.83. The summed E-state index contributed by atoms with van der Waals surface area (Å²) in [5, 5.41) is 9.47. The lowest BCUT2D eigenvalue weighted by atomic mass is 10.1. The average molecular weight is 321 g/mol. The maximum absolute atomic E-state index is 11.5. The second-order valence-electron chi connectivity index (χ2n) is 5.63. The molecule has 1 heterocycles. The number of hydrogen-bond acceptors (Lipinski definition) is 2. The summed E-state index contributed by atoms with van der Waals surface area (Å²) in [6, 6.07) is 19.4. The van der Waals surface area contributed by atoms with Gasteiger partial charge in [0, 0.05) is 17.9 Å². The first-order valence-electron chi connectivity index (χ1n) is 7.72. The highest BCUT2D eigenvalue weighted by Crippen LogP contribution is 2.28. The number of rotatable bonds is 5.